The molecule has 0 spiro atoms. The second-order valence-electron chi connectivity index (χ2n) is 6.81. The van der Waals surface area contributed by atoms with E-state index in [1.165, 1.54) is 0 Å². The van der Waals surface area contributed by atoms with Crippen LogP contribution in [0.4, 0.5) is 5.69 Å². The highest BCUT2D eigenvalue weighted by Crippen LogP contribution is 2.26. The van der Waals surface area contributed by atoms with Gasteiger partial charge in [-0.05, 0) is 19.6 Å². The summed E-state index contributed by atoms with van der Waals surface area (Å²) in [6.45, 7) is 10.9. The molecule has 1 N–H and O–H groups in total. The molecular formula is C16H26N6O. The van der Waals surface area contributed by atoms with Gasteiger partial charge in [-0.1, -0.05) is 20.8 Å². The number of nitrogens with one attached hydrogen (secondary N) is 1. The predicted octanol–water partition coefficient (Wildman–Crippen LogP) is 2.19. The molecule has 0 atom stereocenters. The van der Waals surface area contributed by atoms with E-state index in [2.05, 4.69) is 27.1 Å². The lowest BCUT2D eigenvalue weighted by molar-refractivity contribution is -0.140. The molecule has 0 bridgehead atoms. The Labute approximate surface area is 137 Å². The Balaban J connectivity index is 1.95. The van der Waals surface area contributed by atoms with E-state index in [-0.39, 0.29) is 11.3 Å². The van der Waals surface area contributed by atoms with E-state index in [1.807, 2.05) is 36.5 Å². The molecule has 23 heavy (non-hydrogen) atoms. The van der Waals surface area contributed by atoms with Gasteiger partial charge in [0, 0.05) is 31.7 Å². The van der Waals surface area contributed by atoms with Crippen LogP contribution >= 0.6 is 0 Å². The minimum Gasteiger partial charge on any atom is -0.342 e. The summed E-state index contributed by atoms with van der Waals surface area (Å²) in [5.74, 6) is 0.690. The predicted molar refractivity (Wildman–Crippen MR) is 93.1 cm³/mol. The summed E-state index contributed by atoms with van der Waals surface area (Å²) in [6.07, 6.45) is 5.53. The highest BCUT2D eigenvalue weighted by molar-refractivity contribution is 5.96. The number of nitrogens with zero attached hydrogens (tertiary/aromatic N) is 5. The molecule has 7 heteroatoms. The number of anilines is 1. The zero-order valence-electron chi connectivity index (χ0n) is 14.4. The Morgan fingerprint density at radius 1 is 1.39 bits per heavy atom. The fraction of sp³-hybridized carbons (Fsp3) is 0.625. The molecule has 1 aromatic heterocycles. The van der Waals surface area contributed by atoms with E-state index in [9.17, 15) is 4.79 Å². The monoisotopic (exact) mass is 318 g/mol. The van der Waals surface area contributed by atoms with Gasteiger partial charge < -0.3 is 10.2 Å². The van der Waals surface area contributed by atoms with Crippen LogP contribution in [0, 0.1) is 5.41 Å². The molecule has 2 rings (SSSR count). The molecule has 1 aliphatic rings. The second-order valence-corrected chi connectivity index (χ2v) is 6.81. The minimum absolute atomic E-state index is 0.222. The van der Waals surface area contributed by atoms with Crippen LogP contribution in [0.3, 0.4) is 0 Å². The Hall–Kier alpha value is -2.18. The van der Waals surface area contributed by atoms with Crippen LogP contribution in [-0.4, -0.2) is 53.4 Å². The van der Waals surface area contributed by atoms with Crippen molar-refractivity contribution < 1.29 is 4.79 Å². The fourth-order valence-corrected chi connectivity index (χ4v) is 2.71. The first kappa shape index (κ1) is 17.2. The molecule has 1 amide bonds. The van der Waals surface area contributed by atoms with Crippen molar-refractivity contribution in [3.63, 3.8) is 0 Å². The summed E-state index contributed by atoms with van der Waals surface area (Å²) in [5, 5.41) is 7.47. The molecule has 0 aromatic carbocycles. The summed E-state index contributed by atoms with van der Waals surface area (Å²) in [5.41, 5.74) is 0.523. The van der Waals surface area contributed by atoms with Gasteiger partial charge in [0.2, 0.25) is 11.9 Å². The lowest BCUT2D eigenvalue weighted by atomic mass is 9.93. The molecule has 0 saturated carbocycles. The fourth-order valence-electron chi connectivity index (χ4n) is 2.71. The van der Waals surface area contributed by atoms with Crippen molar-refractivity contribution in [1.82, 2.24) is 14.7 Å². The Kier molecular flexibility index (Phi) is 5.18. The number of carbonyl (C=O) groups excluding carboxylic acids is 1. The minimum atomic E-state index is -0.316. The van der Waals surface area contributed by atoms with E-state index in [1.54, 1.807) is 13.2 Å². The van der Waals surface area contributed by atoms with Gasteiger partial charge in [-0.2, -0.15) is 5.10 Å². The van der Waals surface area contributed by atoms with E-state index >= 15 is 0 Å². The highest BCUT2D eigenvalue weighted by Gasteiger charge is 2.30. The summed E-state index contributed by atoms with van der Waals surface area (Å²) in [6, 6.07) is 0.313. The SMILES string of the molecule is C=NC(=NC)Nc1cnn(C2CCN(C(=O)C(C)(C)C)CC2)c1. The van der Waals surface area contributed by atoms with Crippen molar-refractivity contribution in [2.24, 2.45) is 15.4 Å². The van der Waals surface area contributed by atoms with Crippen LogP contribution in [0.2, 0.25) is 0 Å². The third-order valence-electron chi connectivity index (χ3n) is 3.99. The number of aliphatic imine (C=N–C) groups is 2. The van der Waals surface area contributed by atoms with Crippen LogP contribution < -0.4 is 5.32 Å². The van der Waals surface area contributed by atoms with Crippen molar-refractivity contribution in [2.75, 3.05) is 25.5 Å². The normalized spacial score (nSPS) is 17.2. The number of likely N-dealkylation sites (tertiary alicyclic amines) is 1. The van der Waals surface area contributed by atoms with Gasteiger partial charge in [0.1, 0.15) is 0 Å². The molecule has 1 aliphatic heterocycles. The van der Waals surface area contributed by atoms with Crippen LogP contribution in [0.1, 0.15) is 39.7 Å². The molecular weight excluding hydrogens is 292 g/mol. The number of rotatable bonds is 2. The molecule has 0 aliphatic carbocycles. The van der Waals surface area contributed by atoms with Crippen LogP contribution in [0.5, 0.6) is 0 Å². The molecule has 1 saturated heterocycles. The molecule has 126 valence electrons. The number of carbonyl (C=O) groups is 1. The molecule has 7 nitrogen and oxygen atoms in total. The lowest BCUT2D eigenvalue weighted by Gasteiger charge is -2.35. The quantitative estimate of drug-likeness (QED) is 0.671. The summed E-state index contributed by atoms with van der Waals surface area (Å²) < 4.78 is 1.96. The van der Waals surface area contributed by atoms with Crippen molar-refractivity contribution in [3.05, 3.63) is 12.4 Å². The largest absolute Gasteiger partial charge is 0.342 e. The number of piperidine rings is 1. The topological polar surface area (TPSA) is 74.9 Å². The number of hydrogen-bond acceptors (Lipinski definition) is 3. The number of guanidine groups is 1. The second kappa shape index (κ2) is 6.93. The van der Waals surface area contributed by atoms with Gasteiger partial charge in [-0.15, -0.1) is 0 Å². The van der Waals surface area contributed by atoms with Gasteiger partial charge in [0.05, 0.1) is 17.9 Å². The van der Waals surface area contributed by atoms with Gasteiger partial charge in [0.25, 0.3) is 0 Å². The first-order valence-corrected chi connectivity index (χ1v) is 7.89. The summed E-state index contributed by atoms with van der Waals surface area (Å²) in [4.78, 5) is 22.0. The Morgan fingerprint density at radius 3 is 2.57 bits per heavy atom. The lowest BCUT2D eigenvalue weighted by Crippen LogP contribution is -2.44. The molecule has 1 aromatic rings. The van der Waals surface area contributed by atoms with E-state index < -0.39 is 0 Å². The standard InChI is InChI=1S/C16H26N6O/c1-16(2,3)14(23)21-8-6-13(7-9-21)22-11-12(10-19-22)20-15(17-4)18-5/h10-11,13H,4,6-9H2,1-3,5H3,(H,18,20). The van der Waals surface area contributed by atoms with E-state index in [4.69, 9.17) is 0 Å². The van der Waals surface area contributed by atoms with Crippen LogP contribution in [-0.2, 0) is 4.79 Å². The first-order valence-electron chi connectivity index (χ1n) is 7.89. The third kappa shape index (κ3) is 4.18. The van der Waals surface area contributed by atoms with E-state index in [0.717, 1.165) is 31.6 Å². The molecule has 0 unspecified atom stereocenters. The van der Waals surface area contributed by atoms with Crippen molar-refractivity contribution in [1.29, 1.82) is 0 Å². The molecule has 0 radical (unpaired) electrons. The first-order chi connectivity index (χ1) is 10.8. The maximum Gasteiger partial charge on any atom is 0.227 e. The highest BCUT2D eigenvalue weighted by atomic mass is 16.2. The van der Waals surface area contributed by atoms with Crippen molar-refractivity contribution >= 4 is 24.3 Å². The number of aromatic nitrogens is 2. The van der Waals surface area contributed by atoms with Crippen molar-refractivity contribution in [3.8, 4) is 0 Å². The third-order valence-corrected chi connectivity index (χ3v) is 3.99. The average molecular weight is 318 g/mol. The molecule has 1 fully saturated rings. The average Bonchev–Trinajstić information content (AvgIpc) is 2.99. The van der Waals surface area contributed by atoms with Crippen LogP contribution in [0.25, 0.3) is 0 Å². The summed E-state index contributed by atoms with van der Waals surface area (Å²) >= 11 is 0. The molecule has 2 heterocycles. The Bertz CT molecular complexity index is 590. The maximum atomic E-state index is 12.3. The zero-order valence-corrected chi connectivity index (χ0v) is 14.4. The maximum absolute atomic E-state index is 12.3. The number of hydrogen-bond donors (Lipinski definition) is 1. The zero-order chi connectivity index (χ0) is 17.0. The Morgan fingerprint density at radius 2 is 2.04 bits per heavy atom. The van der Waals surface area contributed by atoms with Gasteiger partial charge in [-0.3, -0.25) is 14.5 Å². The number of amides is 1. The van der Waals surface area contributed by atoms with E-state index in [0.29, 0.717) is 12.0 Å². The smallest absolute Gasteiger partial charge is 0.227 e. The van der Waals surface area contributed by atoms with Gasteiger partial charge >= 0.3 is 0 Å². The van der Waals surface area contributed by atoms with Gasteiger partial charge in [-0.25, -0.2) is 4.99 Å². The van der Waals surface area contributed by atoms with Crippen LogP contribution in [0.15, 0.2) is 22.4 Å². The summed E-state index contributed by atoms with van der Waals surface area (Å²) in [7, 11) is 1.66. The van der Waals surface area contributed by atoms with Crippen molar-refractivity contribution in [2.45, 2.75) is 39.7 Å². The van der Waals surface area contributed by atoms with Gasteiger partial charge in [0.15, 0.2) is 0 Å².